The van der Waals surface area contributed by atoms with Gasteiger partial charge < -0.3 is 14.2 Å². The van der Waals surface area contributed by atoms with Crippen LogP contribution in [0.1, 0.15) is 31.4 Å². The molecule has 6 nitrogen and oxygen atoms in total. The Morgan fingerprint density at radius 3 is 2.73 bits per heavy atom. The summed E-state index contributed by atoms with van der Waals surface area (Å²) in [6.07, 6.45) is 2.74. The lowest BCUT2D eigenvalue weighted by atomic mass is 10.1. The van der Waals surface area contributed by atoms with Gasteiger partial charge in [-0.15, -0.1) is 0 Å². The average molecular weight is 354 g/mol. The summed E-state index contributed by atoms with van der Waals surface area (Å²) in [6.45, 7) is 4.21. The number of aryl methyl sites for hydroxylation is 1. The van der Waals surface area contributed by atoms with Crippen molar-refractivity contribution in [3.8, 4) is 17.2 Å². The predicted octanol–water partition coefficient (Wildman–Crippen LogP) is 3.29. The molecular formula is C20H22N2O4. The maximum absolute atomic E-state index is 11.9. The Balaban J connectivity index is 1.44. The number of ether oxygens (including phenoxy) is 3. The highest BCUT2D eigenvalue weighted by atomic mass is 16.7. The molecule has 1 N–H and O–H groups in total. The van der Waals surface area contributed by atoms with Crippen molar-refractivity contribution in [2.45, 2.75) is 32.8 Å². The Kier molecular flexibility index (Phi) is 5.73. The van der Waals surface area contributed by atoms with Gasteiger partial charge in [0.2, 0.25) is 12.7 Å². The SMILES string of the molecule is CC(C)Oc1ccc(CCC(=O)N/N=C/c2ccc3c(c2)OCO3)cc1. The molecule has 2 aromatic carbocycles. The second kappa shape index (κ2) is 8.38. The first kappa shape index (κ1) is 17.8. The van der Waals surface area contributed by atoms with E-state index >= 15 is 0 Å². The molecule has 0 saturated carbocycles. The first-order valence-electron chi connectivity index (χ1n) is 8.57. The molecule has 0 bridgehead atoms. The van der Waals surface area contributed by atoms with Crippen molar-refractivity contribution >= 4 is 12.1 Å². The van der Waals surface area contributed by atoms with Crippen LogP contribution in [0.4, 0.5) is 0 Å². The topological polar surface area (TPSA) is 69.2 Å². The van der Waals surface area contributed by atoms with Gasteiger partial charge in [-0.05, 0) is 61.7 Å². The number of amides is 1. The standard InChI is InChI=1S/C20H22N2O4/c1-14(2)26-17-7-3-15(4-8-17)6-10-20(23)22-21-12-16-5-9-18-19(11-16)25-13-24-18/h3-5,7-9,11-12,14H,6,10,13H2,1-2H3,(H,22,23)/b21-12+. The van der Waals surface area contributed by atoms with Crippen LogP contribution in [0, 0.1) is 0 Å². The van der Waals surface area contributed by atoms with Gasteiger partial charge in [-0.1, -0.05) is 12.1 Å². The number of hydrazone groups is 1. The number of hydrogen-bond acceptors (Lipinski definition) is 5. The van der Waals surface area contributed by atoms with Crippen LogP contribution < -0.4 is 19.6 Å². The maximum atomic E-state index is 11.9. The molecule has 1 aliphatic rings. The zero-order chi connectivity index (χ0) is 18.4. The van der Waals surface area contributed by atoms with Gasteiger partial charge in [-0.3, -0.25) is 4.79 Å². The van der Waals surface area contributed by atoms with Gasteiger partial charge in [0.15, 0.2) is 11.5 Å². The highest BCUT2D eigenvalue weighted by Crippen LogP contribution is 2.31. The van der Waals surface area contributed by atoms with E-state index < -0.39 is 0 Å². The number of rotatable bonds is 7. The van der Waals surface area contributed by atoms with Crippen LogP contribution >= 0.6 is 0 Å². The lowest BCUT2D eigenvalue weighted by Gasteiger charge is -2.09. The van der Waals surface area contributed by atoms with Crippen molar-refractivity contribution in [3.05, 3.63) is 53.6 Å². The summed E-state index contributed by atoms with van der Waals surface area (Å²) in [6, 6.07) is 13.3. The monoisotopic (exact) mass is 354 g/mol. The number of benzene rings is 2. The molecule has 136 valence electrons. The highest BCUT2D eigenvalue weighted by Gasteiger charge is 2.12. The number of hydrogen-bond donors (Lipinski definition) is 1. The molecule has 1 aliphatic heterocycles. The third-order valence-corrected chi connectivity index (χ3v) is 3.74. The summed E-state index contributed by atoms with van der Waals surface area (Å²) in [5.74, 6) is 2.10. The van der Waals surface area contributed by atoms with E-state index in [-0.39, 0.29) is 18.8 Å². The molecule has 1 amide bonds. The van der Waals surface area contributed by atoms with Gasteiger partial charge in [0, 0.05) is 6.42 Å². The maximum Gasteiger partial charge on any atom is 0.240 e. The van der Waals surface area contributed by atoms with Crippen LogP contribution in [0.3, 0.4) is 0 Å². The average Bonchev–Trinajstić information content (AvgIpc) is 3.08. The molecule has 3 rings (SSSR count). The number of carbonyl (C=O) groups is 1. The Bertz CT molecular complexity index is 785. The predicted molar refractivity (Wildman–Crippen MR) is 98.8 cm³/mol. The summed E-state index contributed by atoms with van der Waals surface area (Å²) >= 11 is 0. The van der Waals surface area contributed by atoms with Gasteiger partial charge in [0.1, 0.15) is 5.75 Å². The Morgan fingerprint density at radius 2 is 1.96 bits per heavy atom. The highest BCUT2D eigenvalue weighted by molar-refractivity contribution is 5.83. The fraction of sp³-hybridized carbons (Fsp3) is 0.300. The molecule has 0 fully saturated rings. The van der Waals surface area contributed by atoms with Crippen molar-refractivity contribution in [3.63, 3.8) is 0 Å². The molecule has 0 aromatic heterocycles. The zero-order valence-corrected chi connectivity index (χ0v) is 14.9. The van der Waals surface area contributed by atoms with E-state index in [0.717, 1.165) is 22.6 Å². The minimum absolute atomic E-state index is 0.135. The number of carbonyl (C=O) groups excluding carboxylic acids is 1. The molecule has 0 spiro atoms. The molecule has 0 unspecified atom stereocenters. The van der Waals surface area contributed by atoms with Crippen molar-refractivity contribution < 1.29 is 19.0 Å². The van der Waals surface area contributed by atoms with E-state index in [1.807, 2.05) is 56.3 Å². The largest absolute Gasteiger partial charge is 0.491 e. The zero-order valence-electron chi connectivity index (χ0n) is 14.9. The van der Waals surface area contributed by atoms with Crippen LogP contribution in [0.2, 0.25) is 0 Å². The quantitative estimate of drug-likeness (QED) is 0.612. The summed E-state index contributed by atoms with van der Waals surface area (Å²) in [4.78, 5) is 11.9. The molecule has 26 heavy (non-hydrogen) atoms. The van der Waals surface area contributed by atoms with E-state index in [9.17, 15) is 4.79 Å². The summed E-state index contributed by atoms with van der Waals surface area (Å²) in [7, 11) is 0. The smallest absolute Gasteiger partial charge is 0.240 e. The molecule has 0 radical (unpaired) electrons. The third kappa shape index (κ3) is 4.99. The molecule has 0 aliphatic carbocycles. The fourth-order valence-electron chi connectivity index (χ4n) is 2.49. The minimum atomic E-state index is -0.135. The summed E-state index contributed by atoms with van der Waals surface area (Å²) < 4.78 is 16.2. The second-order valence-electron chi connectivity index (χ2n) is 6.22. The number of nitrogens with one attached hydrogen (secondary N) is 1. The summed E-state index contributed by atoms with van der Waals surface area (Å²) in [5.41, 5.74) is 4.45. The lowest BCUT2D eigenvalue weighted by molar-refractivity contribution is -0.121. The molecule has 6 heteroatoms. The van der Waals surface area contributed by atoms with E-state index in [4.69, 9.17) is 14.2 Å². The van der Waals surface area contributed by atoms with Crippen LogP contribution in [-0.2, 0) is 11.2 Å². The second-order valence-corrected chi connectivity index (χ2v) is 6.22. The lowest BCUT2D eigenvalue weighted by Crippen LogP contribution is -2.17. The van der Waals surface area contributed by atoms with Crippen LogP contribution in [0.5, 0.6) is 17.2 Å². The Morgan fingerprint density at radius 1 is 1.19 bits per heavy atom. The van der Waals surface area contributed by atoms with Crippen LogP contribution in [0.25, 0.3) is 0 Å². The van der Waals surface area contributed by atoms with Crippen molar-refractivity contribution in [2.24, 2.45) is 5.10 Å². The van der Waals surface area contributed by atoms with Crippen molar-refractivity contribution in [2.75, 3.05) is 6.79 Å². The van der Waals surface area contributed by atoms with Gasteiger partial charge in [-0.2, -0.15) is 5.10 Å². The molecule has 0 saturated heterocycles. The Labute approximate surface area is 152 Å². The first-order chi connectivity index (χ1) is 12.6. The van der Waals surface area contributed by atoms with E-state index in [1.54, 1.807) is 6.21 Å². The Hall–Kier alpha value is -3.02. The molecular weight excluding hydrogens is 332 g/mol. The molecule has 2 aromatic rings. The van der Waals surface area contributed by atoms with Crippen LogP contribution in [-0.4, -0.2) is 25.0 Å². The minimum Gasteiger partial charge on any atom is -0.491 e. The van der Waals surface area contributed by atoms with E-state index in [1.165, 1.54) is 0 Å². The van der Waals surface area contributed by atoms with E-state index in [0.29, 0.717) is 18.6 Å². The third-order valence-electron chi connectivity index (χ3n) is 3.74. The van der Waals surface area contributed by atoms with Crippen molar-refractivity contribution in [1.29, 1.82) is 0 Å². The van der Waals surface area contributed by atoms with Gasteiger partial charge >= 0.3 is 0 Å². The summed E-state index contributed by atoms with van der Waals surface area (Å²) in [5, 5.41) is 3.99. The van der Waals surface area contributed by atoms with Crippen molar-refractivity contribution in [1.82, 2.24) is 5.43 Å². The first-order valence-corrected chi connectivity index (χ1v) is 8.57. The normalized spacial score (nSPS) is 12.6. The number of fused-ring (bicyclic) bond motifs is 1. The van der Waals surface area contributed by atoms with Crippen LogP contribution in [0.15, 0.2) is 47.6 Å². The van der Waals surface area contributed by atoms with Gasteiger partial charge in [0.25, 0.3) is 0 Å². The fourth-order valence-corrected chi connectivity index (χ4v) is 2.49. The number of nitrogens with zero attached hydrogens (tertiary/aromatic N) is 1. The van der Waals surface area contributed by atoms with E-state index in [2.05, 4.69) is 10.5 Å². The molecule has 1 heterocycles. The molecule has 0 atom stereocenters. The van der Waals surface area contributed by atoms with Gasteiger partial charge in [-0.25, -0.2) is 5.43 Å². The van der Waals surface area contributed by atoms with Gasteiger partial charge in [0.05, 0.1) is 12.3 Å².